The lowest BCUT2D eigenvalue weighted by Gasteiger charge is -1.98. The van der Waals surface area contributed by atoms with E-state index in [9.17, 15) is 9.59 Å². The number of aromatic carboxylic acids is 1. The lowest BCUT2D eigenvalue weighted by Crippen LogP contribution is -2.05. The van der Waals surface area contributed by atoms with Crippen LogP contribution in [0.4, 0.5) is 0 Å². The molecule has 0 unspecified atom stereocenters. The maximum Gasteiger partial charge on any atom is 0.355 e. The van der Waals surface area contributed by atoms with E-state index in [1.165, 1.54) is 7.11 Å². The van der Waals surface area contributed by atoms with Gasteiger partial charge in [0.1, 0.15) is 4.88 Å². The zero-order chi connectivity index (χ0) is 10.7. The van der Waals surface area contributed by atoms with E-state index in [4.69, 9.17) is 5.11 Å². The van der Waals surface area contributed by atoms with Gasteiger partial charge in [-0.3, -0.25) is 0 Å². The Kier molecular flexibility index (Phi) is 3.19. The van der Waals surface area contributed by atoms with Gasteiger partial charge in [-0.1, -0.05) is 6.92 Å². The molecule has 0 fully saturated rings. The van der Waals surface area contributed by atoms with Crippen molar-refractivity contribution in [1.82, 2.24) is 4.37 Å². The normalized spacial score (nSPS) is 9.86. The number of esters is 1. The van der Waals surface area contributed by atoms with Crippen LogP contribution in [0.25, 0.3) is 0 Å². The minimum Gasteiger partial charge on any atom is -0.476 e. The van der Waals surface area contributed by atoms with Gasteiger partial charge in [-0.15, -0.1) is 0 Å². The van der Waals surface area contributed by atoms with E-state index in [-0.39, 0.29) is 10.6 Å². The number of methoxy groups -OCH3 is 1. The van der Waals surface area contributed by atoms with Crippen LogP contribution in [0.3, 0.4) is 0 Å². The Balaban J connectivity index is 3.20. The van der Waals surface area contributed by atoms with Crippen LogP contribution in [0.2, 0.25) is 0 Å². The Morgan fingerprint density at radius 3 is 2.64 bits per heavy atom. The van der Waals surface area contributed by atoms with Gasteiger partial charge in [0, 0.05) is 5.56 Å². The summed E-state index contributed by atoms with van der Waals surface area (Å²) >= 11 is 0.856. The first kappa shape index (κ1) is 10.6. The van der Waals surface area contributed by atoms with Crippen LogP contribution in [-0.2, 0) is 11.2 Å². The van der Waals surface area contributed by atoms with Gasteiger partial charge in [-0.05, 0) is 18.0 Å². The number of ether oxygens (including phenoxy) is 1. The maximum atomic E-state index is 11.2. The summed E-state index contributed by atoms with van der Waals surface area (Å²) in [6.45, 7) is 1.77. The number of carbonyl (C=O) groups is 2. The van der Waals surface area contributed by atoms with Gasteiger partial charge in [0.05, 0.1) is 7.11 Å². The fraction of sp³-hybridized carbons (Fsp3) is 0.375. The second kappa shape index (κ2) is 4.19. The molecule has 1 rings (SSSR count). The molecular weight excluding hydrogens is 206 g/mol. The molecule has 14 heavy (non-hydrogen) atoms. The number of carbonyl (C=O) groups excluding carboxylic acids is 1. The van der Waals surface area contributed by atoms with Gasteiger partial charge < -0.3 is 9.84 Å². The summed E-state index contributed by atoms with van der Waals surface area (Å²) in [5.74, 6) is -1.65. The highest BCUT2D eigenvalue weighted by Crippen LogP contribution is 2.20. The van der Waals surface area contributed by atoms with E-state index < -0.39 is 11.9 Å². The Bertz CT molecular complexity index is 371. The molecule has 0 bridgehead atoms. The van der Waals surface area contributed by atoms with Gasteiger partial charge in [0.25, 0.3) is 0 Å². The van der Waals surface area contributed by atoms with Crippen molar-refractivity contribution in [2.75, 3.05) is 7.11 Å². The summed E-state index contributed by atoms with van der Waals surface area (Å²) in [5.41, 5.74) is 0.382. The van der Waals surface area contributed by atoms with Gasteiger partial charge in [-0.2, -0.15) is 4.37 Å². The molecule has 0 aromatic carbocycles. The number of nitrogens with zero attached hydrogens (tertiary/aromatic N) is 1. The zero-order valence-corrected chi connectivity index (χ0v) is 8.55. The van der Waals surface area contributed by atoms with Crippen molar-refractivity contribution >= 4 is 23.5 Å². The average Bonchev–Trinajstić information content (AvgIpc) is 2.59. The Labute approximate surface area is 84.5 Å². The van der Waals surface area contributed by atoms with E-state index in [1.807, 2.05) is 0 Å². The third kappa shape index (κ3) is 1.74. The van der Waals surface area contributed by atoms with Crippen molar-refractivity contribution in [2.45, 2.75) is 13.3 Å². The van der Waals surface area contributed by atoms with E-state index >= 15 is 0 Å². The van der Waals surface area contributed by atoms with Crippen LogP contribution < -0.4 is 0 Å². The maximum absolute atomic E-state index is 11.2. The lowest BCUT2D eigenvalue weighted by atomic mass is 10.1. The molecule has 1 aromatic heterocycles. The van der Waals surface area contributed by atoms with Gasteiger partial charge in [0.2, 0.25) is 0 Å². The summed E-state index contributed by atoms with van der Waals surface area (Å²) in [6.07, 6.45) is 0.447. The summed E-state index contributed by atoms with van der Waals surface area (Å²) < 4.78 is 8.21. The fourth-order valence-corrected chi connectivity index (χ4v) is 1.94. The third-order valence-electron chi connectivity index (χ3n) is 1.72. The minimum atomic E-state index is -1.12. The van der Waals surface area contributed by atoms with E-state index in [1.54, 1.807) is 6.92 Å². The molecule has 0 amide bonds. The SMILES string of the molecule is CCc1c(C(=O)O)nsc1C(=O)OC. The molecule has 5 nitrogen and oxygen atoms in total. The number of rotatable bonds is 3. The highest BCUT2D eigenvalue weighted by atomic mass is 32.1. The molecule has 1 N–H and O–H groups in total. The number of carboxylic acids is 1. The number of hydrogen-bond donors (Lipinski definition) is 1. The van der Waals surface area contributed by atoms with E-state index in [0.29, 0.717) is 12.0 Å². The Morgan fingerprint density at radius 2 is 2.21 bits per heavy atom. The number of aromatic nitrogens is 1. The second-order valence-corrected chi connectivity index (χ2v) is 3.26. The summed E-state index contributed by atoms with van der Waals surface area (Å²) in [7, 11) is 1.25. The molecule has 0 radical (unpaired) electrons. The van der Waals surface area contributed by atoms with Crippen molar-refractivity contribution in [3.63, 3.8) is 0 Å². The lowest BCUT2D eigenvalue weighted by molar-refractivity contribution is 0.0605. The van der Waals surface area contributed by atoms with Crippen molar-refractivity contribution < 1.29 is 19.4 Å². The minimum absolute atomic E-state index is 0.0575. The molecule has 1 heterocycles. The standard InChI is InChI=1S/C8H9NO4S/c1-3-4-5(7(10)11)9-14-6(4)8(12)13-2/h3H2,1-2H3,(H,10,11). The van der Waals surface area contributed by atoms with Crippen LogP contribution in [0.1, 0.15) is 32.6 Å². The third-order valence-corrected chi connectivity index (χ3v) is 2.58. The zero-order valence-electron chi connectivity index (χ0n) is 7.73. The van der Waals surface area contributed by atoms with Crippen LogP contribution >= 0.6 is 11.5 Å². The van der Waals surface area contributed by atoms with Crippen molar-refractivity contribution in [1.29, 1.82) is 0 Å². The Hall–Kier alpha value is -1.43. The summed E-state index contributed by atoms with van der Waals surface area (Å²) in [5, 5.41) is 8.76. The van der Waals surface area contributed by atoms with Gasteiger partial charge in [0.15, 0.2) is 5.69 Å². The molecule has 1 aromatic rings. The van der Waals surface area contributed by atoms with Crippen molar-refractivity contribution in [3.05, 3.63) is 16.1 Å². The van der Waals surface area contributed by atoms with Crippen LogP contribution in [0, 0.1) is 0 Å². The van der Waals surface area contributed by atoms with Gasteiger partial charge >= 0.3 is 11.9 Å². The topological polar surface area (TPSA) is 76.5 Å². The molecule has 0 aliphatic rings. The predicted molar refractivity (Wildman–Crippen MR) is 49.8 cm³/mol. The van der Waals surface area contributed by atoms with Crippen LogP contribution in [0.5, 0.6) is 0 Å². The number of carboxylic acid groups (broad SMARTS) is 1. The first-order valence-corrected chi connectivity index (χ1v) is 4.69. The van der Waals surface area contributed by atoms with Crippen LogP contribution in [-0.4, -0.2) is 28.5 Å². The Morgan fingerprint density at radius 1 is 1.57 bits per heavy atom. The van der Waals surface area contributed by atoms with Crippen LogP contribution in [0.15, 0.2) is 0 Å². The smallest absolute Gasteiger partial charge is 0.355 e. The second-order valence-electron chi connectivity index (χ2n) is 2.49. The molecule has 0 saturated carbocycles. The molecule has 0 spiro atoms. The largest absolute Gasteiger partial charge is 0.476 e. The van der Waals surface area contributed by atoms with Crippen molar-refractivity contribution in [2.24, 2.45) is 0 Å². The fourth-order valence-electron chi connectivity index (χ4n) is 1.06. The quantitative estimate of drug-likeness (QED) is 0.766. The summed E-state index contributed by atoms with van der Waals surface area (Å²) in [4.78, 5) is 22.2. The van der Waals surface area contributed by atoms with Crippen molar-refractivity contribution in [3.8, 4) is 0 Å². The monoisotopic (exact) mass is 215 g/mol. The number of hydrogen-bond acceptors (Lipinski definition) is 5. The molecule has 76 valence electrons. The predicted octanol–water partition coefficient (Wildman–Crippen LogP) is 1.19. The molecule has 0 aliphatic carbocycles. The first-order valence-electron chi connectivity index (χ1n) is 3.92. The highest BCUT2D eigenvalue weighted by Gasteiger charge is 2.22. The summed E-state index contributed by atoms with van der Waals surface area (Å²) in [6, 6.07) is 0. The van der Waals surface area contributed by atoms with Gasteiger partial charge in [-0.25, -0.2) is 9.59 Å². The molecular formula is C8H9NO4S. The van der Waals surface area contributed by atoms with E-state index in [2.05, 4.69) is 9.11 Å². The highest BCUT2D eigenvalue weighted by molar-refractivity contribution is 7.08. The molecule has 0 aliphatic heterocycles. The molecule has 0 atom stereocenters. The molecule has 6 heteroatoms. The molecule has 0 saturated heterocycles. The van der Waals surface area contributed by atoms with E-state index in [0.717, 1.165) is 11.5 Å². The average molecular weight is 215 g/mol. The first-order chi connectivity index (χ1) is 6.61.